The molecule has 0 atom stereocenters. The van der Waals surface area contributed by atoms with Gasteiger partial charge in [0.2, 0.25) is 6.67 Å². The van der Waals surface area contributed by atoms with E-state index >= 15 is 0 Å². The Labute approximate surface area is 226 Å². The van der Waals surface area contributed by atoms with Crippen molar-refractivity contribution >= 4 is 22.9 Å². The lowest BCUT2D eigenvalue weighted by molar-refractivity contribution is 0.585. The van der Waals surface area contributed by atoms with Crippen LogP contribution in [0.4, 0.5) is 5.69 Å². The van der Waals surface area contributed by atoms with Crippen molar-refractivity contribution < 1.29 is 8.42 Å². The minimum atomic E-state index is -3.92. The zero-order valence-corrected chi connectivity index (χ0v) is 26.1. The molecule has 5 nitrogen and oxygen atoms in total. The highest BCUT2D eigenvalue weighted by atomic mass is 32.2. The summed E-state index contributed by atoms with van der Waals surface area (Å²) in [5, 5.41) is -0.899. The molecule has 0 unspecified atom stereocenters. The Morgan fingerprint density at radius 3 is 1.73 bits per heavy atom. The van der Waals surface area contributed by atoms with Gasteiger partial charge in [0.15, 0.2) is 0 Å². The maximum atomic E-state index is 13.8. The summed E-state index contributed by atoms with van der Waals surface area (Å²) in [6.07, 6.45) is 3.98. The molecule has 0 saturated heterocycles. The molecular weight excluding hydrogens is 497 g/mol. The normalized spacial score (nSPS) is 15.3. The monoisotopic (exact) mass is 541 g/mol. The summed E-state index contributed by atoms with van der Waals surface area (Å²) in [6, 6.07) is 13.4. The molecule has 0 bridgehead atoms. The van der Waals surface area contributed by atoms with Crippen molar-refractivity contribution in [1.29, 1.82) is 0 Å². The number of hydrogen-bond acceptors (Lipinski definition) is 3. The fourth-order valence-corrected chi connectivity index (χ4v) is 13.4. The third-order valence-corrected chi connectivity index (χ3v) is 14.1. The number of benzene rings is 2. The van der Waals surface area contributed by atoms with E-state index in [1.54, 1.807) is 12.1 Å². The van der Waals surface area contributed by atoms with Crippen LogP contribution < -0.4 is 4.90 Å². The molecule has 0 N–H and O–H groups in total. The van der Waals surface area contributed by atoms with Crippen molar-refractivity contribution in [2.24, 2.45) is 4.15 Å². The third kappa shape index (κ3) is 5.56. The fraction of sp³-hybridized carbons (Fsp3) is 0.500. The molecule has 2 aromatic rings. The molecule has 1 aliphatic rings. The van der Waals surface area contributed by atoms with E-state index in [1.807, 2.05) is 41.0 Å². The molecule has 0 spiro atoms. The molecule has 0 aromatic heterocycles. The molecule has 0 saturated carbocycles. The Morgan fingerprint density at radius 1 is 0.811 bits per heavy atom. The summed E-state index contributed by atoms with van der Waals surface area (Å²) in [7, 11) is -6.74. The van der Waals surface area contributed by atoms with E-state index < -0.39 is 27.5 Å². The van der Waals surface area contributed by atoms with Crippen LogP contribution in [0.25, 0.3) is 0 Å². The fourth-order valence-electron chi connectivity index (χ4n) is 5.23. The molecule has 7 heteroatoms. The predicted molar refractivity (Wildman–Crippen MR) is 159 cm³/mol. The molecule has 2 radical (unpaired) electrons. The third-order valence-electron chi connectivity index (χ3n) is 6.88. The lowest BCUT2D eigenvalue weighted by Crippen LogP contribution is -2.37. The van der Waals surface area contributed by atoms with E-state index in [0.29, 0.717) is 11.8 Å². The van der Waals surface area contributed by atoms with Crippen LogP contribution in [-0.4, -0.2) is 23.4 Å². The largest absolute Gasteiger partial charge is 0.315 e. The number of aryl methyl sites for hydroxylation is 1. The summed E-state index contributed by atoms with van der Waals surface area (Å²) in [5.41, 5.74) is 4.61. The Bertz CT molecular complexity index is 1270. The number of para-hydroxylation sites is 1. The van der Waals surface area contributed by atoms with Gasteiger partial charge in [0, 0.05) is 22.7 Å². The summed E-state index contributed by atoms with van der Waals surface area (Å²) in [5.74, 6) is 0.656. The Kier molecular flexibility index (Phi) is 8.19. The molecule has 37 heavy (non-hydrogen) atoms. The molecule has 1 heterocycles. The minimum absolute atomic E-state index is 0.225. The summed E-state index contributed by atoms with van der Waals surface area (Å²) in [4.78, 5) is 2.27. The van der Waals surface area contributed by atoms with Crippen molar-refractivity contribution in [3.05, 3.63) is 78.2 Å². The molecule has 3 rings (SSSR count). The highest BCUT2D eigenvalue weighted by Gasteiger charge is 2.51. The smallest absolute Gasteiger partial charge is 0.282 e. The van der Waals surface area contributed by atoms with Crippen LogP contribution in [0.15, 0.2) is 63.9 Å². The second-order valence-electron chi connectivity index (χ2n) is 12.5. The van der Waals surface area contributed by atoms with Crippen molar-refractivity contribution in [3.63, 3.8) is 0 Å². The first kappa shape index (κ1) is 29.5. The van der Waals surface area contributed by atoms with E-state index in [0.717, 1.165) is 11.3 Å². The van der Waals surface area contributed by atoms with Crippen molar-refractivity contribution in [2.45, 2.75) is 103 Å². The molecule has 202 valence electrons. The first-order valence-electron chi connectivity index (χ1n) is 13.0. The zero-order chi connectivity index (χ0) is 28.0. The van der Waals surface area contributed by atoms with Gasteiger partial charge >= 0.3 is 0 Å². The topological polar surface area (TPSA) is 53.0 Å². The standard InChI is InChI=1S/C30H44N3O2PS/c1-22(2)26-13-12-14-27(23(3)4)28(26)32-19-20-33(21-32)36(29(6,7)8,30(9,10)11)31-37(34,35)25-17-15-24(5)16-18-25/h12-20,22-23H,1-11H3. The molecule has 0 aliphatic carbocycles. The zero-order valence-electron chi connectivity index (χ0n) is 24.4. The van der Waals surface area contributed by atoms with Crippen molar-refractivity contribution in [2.75, 3.05) is 4.90 Å². The van der Waals surface area contributed by atoms with Gasteiger partial charge in [-0.05, 0) is 42.0 Å². The summed E-state index contributed by atoms with van der Waals surface area (Å²) in [6.45, 7) is 26.9. The van der Waals surface area contributed by atoms with E-state index in [9.17, 15) is 8.42 Å². The van der Waals surface area contributed by atoms with Crippen LogP contribution in [0.2, 0.25) is 0 Å². The van der Waals surface area contributed by atoms with Crippen LogP contribution in [0.1, 0.15) is 97.8 Å². The second-order valence-corrected chi connectivity index (χ2v) is 18.9. The first-order chi connectivity index (χ1) is 16.9. The molecule has 0 amide bonds. The Morgan fingerprint density at radius 2 is 1.30 bits per heavy atom. The lowest BCUT2D eigenvalue weighted by Gasteiger charge is -2.50. The number of sulfonamides is 1. The van der Waals surface area contributed by atoms with E-state index in [-0.39, 0.29) is 4.90 Å². The highest BCUT2D eigenvalue weighted by Crippen LogP contribution is 2.73. The minimum Gasteiger partial charge on any atom is -0.315 e. The van der Waals surface area contributed by atoms with Crippen LogP contribution >= 0.6 is 7.21 Å². The second kappa shape index (κ2) is 10.3. The molecule has 0 fully saturated rings. The van der Waals surface area contributed by atoms with Gasteiger partial charge < -0.3 is 9.57 Å². The van der Waals surface area contributed by atoms with Gasteiger partial charge in [-0.1, -0.05) is 105 Å². The SMILES string of the molecule is Cc1ccc(S(=O)(=O)N=P(N2[C]N(c3c(C(C)C)cccc3C(C)C)C=C2)(C(C)(C)C)C(C)(C)C)cc1. The summed E-state index contributed by atoms with van der Waals surface area (Å²) >= 11 is 0. The average Bonchev–Trinajstić information content (AvgIpc) is 3.25. The summed E-state index contributed by atoms with van der Waals surface area (Å²) < 4.78 is 34.5. The van der Waals surface area contributed by atoms with Gasteiger partial charge in [-0.2, -0.15) is 12.6 Å². The quantitative estimate of drug-likeness (QED) is 0.343. The van der Waals surface area contributed by atoms with Gasteiger partial charge in [-0.25, -0.2) is 0 Å². The van der Waals surface area contributed by atoms with Crippen LogP contribution in [0.3, 0.4) is 0 Å². The first-order valence-corrected chi connectivity index (χ1v) is 16.2. The average molecular weight is 542 g/mol. The predicted octanol–water partition coefficient (Wildman–Crippen LogP) is 8.93. The molecule has 1 aliphatic heterocycles. The Balaban J connectivity index is 2.24. The lowest BCUT2D eigenvalue weighted by atomic mass is 9.92. The van der Waals surface area contributed by atoms with Crippen LogP contribution in [0, 0.1) is 13.6 Å². The highest BCUT2D eigenvalue weighted by molar-refractivity contribution is 7.94. The van der Waals surface area contributed by atoms with E-state index in [2.05, 4.69) is 94.1 Å². The molecule has 2 aromatic carbocycles. The van der Waals surface area contributed by atoms with Gasteiger partial charge in [0.05, 0.1) is 17.8 Å². The number of nitrogens with zero attached hydrogens (tertiary/aromatic N) is 3. The van der Waals surface area contributed by atoms with Gasteiger partial charge in [0.1, 0.15) is 0 Å². The maximum Gasteiger partial charge on any atom is 0.282 e. The van der Waals surface area contributed by atoms with E-state index in [1.165, 1.54) is 11.1 Å². The number of rotatable bonds is 6. The van der Waals surface area contributed by atoms with Gasteiger partial charge in [0.25, 0.3) is 10.0 Å². The number of anilines is 1. The molecular formula is C30H44N3O2PS. The number of hydrogen-bond donors (Lipinski definition) is 0. The maximum absolute atomic E-state index is 13.8. The van der Waals surface area contributed by atoms with Crippen LogP contribution in [-0.2, 0) is 10.0 Å². The Hall–Kier alpha value is -2.04. The van der Waals surface area contributed by atoms with Crippen molar-refractivity contribution in [3.8, 4) is 0 Å². The van der Waals surface area contributed by atoms with Gasteiger partial charge in [-0.3, -0.25) is 0 Å². The van der Waals surface area contributed by atoms with Crippen molar-refractivity contribution in [1.82, 2.24) is 4.67 Å². The van der Waals surface area contributed by atoms with E-state index in [4.69, 9.17) is 4.15 Å². The van der Waals surface area contributed by atoms with Gasteiger partial charge in [-0.15, -0.1) is 0 Å². The van der Waals surface area contributed by atoms with Crippen LogP contribution in [0.5, 0.6) is 0 Å².